The van der Waals surface area contributed by atoms with Crippen molar-refractivity contribution in [1.29, 1.82) is 0 Å². The molecule has 1 aliphatic carbocycles. The lowest BCUT2D eigenvalue weighted by molar-refractivity contribution is 0.147. The molecule has 0 aromatic carbocycles. The highest BCUT2D eigenvalue weighted by atomic mass is 16.5. The van der Waals surface area contributed by atoms with Crippen LogP contribution in [0.2, 0.25) is 0 Å². The molecule has 0 spiro atoms. The Kier molecular flexibility index (Phi) is 4.34. The minimum atomic E-state index is -0.0565. The molecule has 4 nitrogen and oxygen atoms in total. The SMILES string of the molecule is CC(C)(C)c1nc(CN2CCC[C@@H]2C2CCCCC2)no1. The van der Waals surface area contributed by atoms with E-state index in [1.54, 1.807) is 0 Å². The van der Waals surface area contributed by atoms with Gasteiger partial charge >= 0.3 is 0 Å². The maximum atomic E-state index is 5.43. The molecule has 1 aromatic heterocycles. The highest BCUT2D eigenvalue weighted by Gasteiger charge is 2.33. The monoisotopic (exact) mass is 291 g/mol. The van der Waals surface area contributed by atoms with Crippen molar-refractivity contribution >= 4 is 0 Å². The van der Waals surface area contributed by atoms with Gasteiger partial charge in [0.1, 0.15) is 0 Å². The lowest BCUT2D eigenvalue weighted by Gasteiger charge is -2.33. The van der Waals surface area contributed by atoms with Crippen molar-refractivity contribution in [2.45, 2.75) is 83.7 Å². The summed E-state index contributed by atoms with van der Waals surface area (Å²) in [5, 5.41) is 4.20. The molecular formula is C17H29N3O. The van der Waals surface area contributed by atoms with Gasteiger partial charge in [0.2, 0.25) is 5.89 Å². The maximum absolute atomic E-state index is 5.43. The van der Waals surface area contributed by atoms with Gasteiger partial charge in [-0.2, -0.15) is 4.98 Å². The van der Waals surface area contributed by atoms with Crippen LogP contribution in [0.1, 0.15) is 77.4 Å². The molecule has 118 valence electrons. The topological polar surface area (TPSA) is 42.2 Å². The van der Waals surface area contributed by atoms with Gasteiger partial charge in [-0.25, -0.2) is 0 Å². The number of hydrogen-bond acceptors (Lipinski definition) is 4. The first-order chi connectivity index (χ1) is 10.0. The zero-order valence-corrected chi connectivity index (χ0v) is 13.8. The quantitative estimate of drug-likeness (QED) is 0.846. The van der Waals surface area contributed by atoms with Crippen LogP contribution in [0.5, 0.6) is 0 Å². The summed E-state index contributed by atoms with van der Waals surface area (Å²) in [5.41, 5.74) is -0.0565. The van der Waals surface area contributed by atoms with E-state index in [9.17, 15) is 0 Å². The summed E-state index contributed by atoms with van der Waals surface area (Å²) in [6, 6.07) is 0.752. The molecule has 1 atom stereocenters. The van der Waals surface area contributed by atoms with Gasteiger partial charge < -0.3 is 4.52 Å². The Balaban J connectivity index is 1.64. The Morgan fingerprint density at radius 1 is 1.10 bits per heavy atom. The first-order valence-corrected chi connectivity index (χ1v) is 8.61. The largest absolute Gasteiger partial charge is 0.339 e. The molecule has 0 bridgehead atoms. The van der Waals surface area contributed by atoms with E-state index in [0.29, 0.717) is 0 Å². The number of aromatic nitrogens is 2. The summed E-state index contributed by atoms with van der Waals surface area (Å²) in [5.74, 6) is 2.52. The van der Waals surface area contributed by atoms with Crippen LogP contribution in [0, 0.1) is 5.92 Å². The van der Waals surface area contributed by atoms with Crippen LogP contribution < -0.4 is 0 Å². The van der Waals surface area contributed by atoms with E-state index in [1.165, 1.54) is 51.5 Å². The summed E-state index contributed by atoms with van der Waals surface area (Å²) in [7, 11) is 0. The van der Waals surface area contributed by atoms with Crippen LogP contribution in [-0.2, 0) is 12.0 Å². The lowest BCUT2D eigenvalue weighted by atomic mass is 9.83. The smallest absolute Gasteiger partial charge is 0.232 e. The summed E-state index contributed by atoms with van der Waals surface area (Å²) in [4.78, 5) is 7.21. The maximum Gasteiger partial charge on any atom is 0.232 e. The molecule has 2 heterocycles. The third kappa shape index (κ3) is 3.47. The van der Waals surface area contributed by atoms with Crippen LogP contribution >= 0.6 is 0 Å². The van der Waals surface area contributed by atoms with Gasteiger partial charge in [-0.1, -0.05) is 45.2 Å². The van der Waals surface area contributed by atoms with Gasteiger partial charge in [0.15, 0.2) is 5.82 Å². The number of likely N-dealkylation sites (tertiary alicyclic amines) is 1. The predicted octanol–water partition coefficient (Wildman–Crippen LogP) is 3.91. The van der Waals surface area contributed by atoms with Crippen LogP contribution in [0.25, 0.3) is 0 Å². The Morgan fingerprint density at radius 2 is 1.86 bits per heavy atom. The molecule has 1 aromatic rings. The van der Waals surface area contributed by atoms with Crippen molar-refractivity contribution in [1.82, 2.24) is 15.0 Å². The minimum absolute atomic E-state index is 0.0565. The summed E-state index contributed by atoms with van der Waals surface area (Å²) in [6.07, 6.45) is 9.79. The fraction of sp³-hybridized carbons (Fsp3) is 0.882. The standard InChI is InChI=1S/C17H29N3O/c1-17(2,3)16-18-15(19-21-16)12-20-11-7-10-14(20)13-8-5-4-6-9-13/h13-14H,4-12H2,1-3H3/t14-/m1/s1. The second kappa shape index (κ2) is 6.07. The van der Waals surface area contributed by atoms with Gasteiger partial charge in [-0.05, 0) is 38.1 Å². The molecule has 0 radical (unpaired) electrons. The third-order valence-electron chi connectivity index (χ3n) is 5.06. The van der Waals surface area contributed by atoms with E-state index >= 15 is 0 Å². The molecule has 2 fully saturated rings. The summed E-state index contributed by atoms with van der Waals surface area (Å²) >= 11 is 0. The van der Waals surface area contributed by atoms with Crippen molar-refractivity contribution in [3.05, 3.63) is 11.7 Å². The van der Waals surface area contributed by atoms with Crippen molar-refractivity contribution in [2.24, 2.45) is 5.92 Å². The number of hydrogen-bond donors (Lipinski definition) is 0. The van der Waals surface area contributed by atoms with E-state index in [4.69, 9.17) is 4.52 Å². The van der Waals surface area contributed by atoms with Crippen molar-refractivity contribution in [3.8, 4) is 0 Å². The van der Waals surface area contributed by atoms with E-state index in [2.05, 4.69) is 35.8 Å². The van der Waals surface area contributed by atoms with Crippen LogP contribution in [0.4, 0.5) is 0 Å². The highest BCUT2D eigenvalue weighted by molar-refractivity contribution is 4.99. The zero-order chi connectivity index (χ0) is 14.9. The highest BCUT2D eigenvalue weighted by Crippen LogP contribution is 2.34. The lowest BCUT2D eigenvalue weighted by Crippen LogP contribution is -2.36. The Bertz CT molecular complexity index is 457. The van der Waals surface area contributed by atoms with Crippen LogP contribution in [-0.4, -0.2) is 27.6 Å². The summed E-state index contributed by atoms with van der Waals surface area (Å²) < 4.78 is 5.43. The Labute approximate surface area is 128 Å². The third-order valence-corrected chi connectivity index (χ3v) is 5.06. The molecule has 21 heavy (non-hydrogen) atoms. The average molecular weight is 291 g/mol. The number of rotatable bonds is 3. The Morgan fingerprint density at radius 3 is 2.52 bits per heavy atom. The van der Waals surface area contributed by atoms with E-state index in [-0.39, 0.29) is 5.41 Å². The second-order valence-corrected chi connectivity index (χ2v) is 7.84. The van der Waals surface area contributed by atoms with E-state index in [0.717, 1.165) is 30.2 Å². The predicted molar refractivity (Wildman–Crippen MR) is 83.0 cm³/mol. The Hall–Kier alpha value is -0.900. The van der Waals surface area contributed by atoms with Crippen LogP contribution in [0.3, 0.4) is 0 Å². The normalized spacial score (nSPS) is 25.6. The van der Waals surface area contributed by atoms with Crippen molar-refractivity contribution in [2.75, 3.05) is 6.54 Å². The van der Waals surface area contributed by atoms with Gasteiger partial charge in [0.05, 0.1) is 6.54 Å². The fourth-order valence-electron chi connectivity index (χ4n) is 3.91. The molecular weight excluding hydrogens is 262 g/mol. The van der Waals surface area contributed by atoms with Gasteiger partial charge in [0, 0.05) is 11.5 Å². The van der Waals surface area contributed by atoms with E-state index in [1.807, 2.05) is 0 Å². The molecule has 4 heteroatoms. The molecule has 0 N–H and O–H groups in total. The number of nitrogens with zero attached hydrogens (tertiary/aromatic N) is 3. The van der Waals surface area contributed by atoms with Crippen LogP contribution in [0.15, 0.2) is 4.52 Å². The zero-order valence-electron chi connectivity index (χ0n) is 13.8. The molecule has 1 aliphatic heterocycles. The van der Waals surface area contributed by atoms with Crippen molar-refractivity contribution < 1.29 is 4.52 Å². The summed E-state index contributed by atoms with van der Waals surface area (Å²) in [6.45, 7) is 8.41. The average Bonchev–Trinajstić information content (AvgIpc) is 3.09. The molecule has 1 saturated carbocycles. The van der Waals surface area contributed by atoms with Gasteiger partial charge in [0.25, 0.3) is 0 Å². The molecule has 0 unspecified atom stereocenters. The van der Waals surface area contributed by atoms with Gasteiger partial charge in [-0.3, -0.25) is 4.90 Å². The molecule has 1 saturated heterocycles. The first-order valence-electron chi connectivity index (χ1n) is 8.61. The minimum Gasteiger partial charge on any atom is -0.339 e. The fourth-order valence-corrected chi connectivity index (χ4v) is 3.91. The second-order valence-electron chi connectivity index (χ2n) is 7.84. The van der Waals surface area contributed by atoms with Gasteiger partial charge in [-0.15, -0.1) is 0 Å². The molecule has 3 rings (SSSR count). The molecule has 2 aliphatic rings. The van der Waals surface area contributed by atoms with E-state index < -0.39 is 0 Å². The molecule has 0 amide bonds. The first kappa shape index (κ1) is 15.0. The van der Waals surface area contributed by atoms with Crippen molar-refractivity contribution in [3.63, 3.8) is 0 Å².